The molecule has 0 fully saturated rings. The van der Waals surface area contributed by atoms with Gasteiger partial charge in [0.25, 0.3) is 0 Å². The number of ether oxygens (including phenoxy) is 2. The molecule has 2 unspecified atom stereocenters. The number of alkyl carbamates (subject to hydrolysis) is 2. The van der Waals surface area contributed by atoms with Crippen molar-refractivity contribution in [1.29, 1.82) is 0 Å². The molecule has 8 heteroatoms. The van der Waals surface area contributed by atoms with Crippen molar-refractivity contribution in [2.75, 3.05) is 14.2 Å². The minimum atomic E-state index is -0.901. The average Bonchev–Trinajstić information content (AvgIpc) is 2.45. The maximum absolute atomic E-state index is 11.3. The number of nitrogens with one attached hydrogen (secondary N) is 2. The Hall–Kier alpha value is -1.86. The van der Waals surface area contributed by atoms with Gasteiger partial charge in [0.1, 0.15) is 0 Å². The van der Waals surface area contributed by atoms with Gasteiger partial charge in [-0.3, -0.25) is 10.6 Å². The Morgan fingerprint density at radius 3 is 1.40 bits per heavy atom. The van der Waals surface area contributed by atoms with Gasteiger partial charge in [-0.25, -0.2) is 9.59 Å². The van der Waals surface area contributed by atoms with Crippen molar-refractivity contribution in [2.24, 2.45) is 10.2 Å². The number of hydrogen-bond acceptors (Lipinski definition) is 6. The van der Waals surface area contributed by atoms with Gasteiger partial charge in [0.2, 0.25) is 0 Å². The molecule has 0 heterocycles. The average molecular weight is 288 g/mol. The van der Waals surface area contributed by atoms with E-state index in [2.05, 4.69) is 30.3 Å². The van der Waals surface area contributed by atoms with Crippen LogP contribution in [0, 0.1) is 0 Å². The highest BCUT2D eigenvalue weighted by atomic mass is 16.5. The van der Waals surface area contributed by atoms with E-state index in [1.54, 1.807) is 13.8 Å². The van der Waals surface area contributed by atoms with Crippen LogP contribution in [-0.2, 0) is 9.47 Å². The Morgan fingerprint density at radius 1 is 0.900 bits per heavy atom. The molecule has 0 saturated carbocycles. The number of hydrogen-bond donors (Lipinski definition) is 2. The largest absolute Gasteiger partial charge is 0.453 e. The fraction of sp³-hybridized carbons (Fsp3) is 0.833. The molecule has 0 aromatic heterocycles. The lowest BCUT2D eigenvalue weighted by Crippen LogP contribution is -2.47. The van der Waals surface area contributed by atoms with Crippen LogP contribution >= 0.6 is 0 Å². The number of azo groups is 1. The second-order valence-corrected chi connectivity index (χ2v) is 4.69. The van der Waals surface area contributed by atoms with E-state index in [0.717, 1.165) is 0 Å². The van der Waals surface area contributed by atoms with Crippen molar-refractivity contribution in [3.8, 4) is 0 Å². The molecule has 2 atom stereocenters. The van der Waals surface area contributed by atoms with Crippen LogP contribution in [0.3, 0.4) is 0 Å². The van der Waals surface area contributed by atoms with Crippen LogP contribution in [0.15, 0.2) is 10.2 Å². The Balaban J connectivity index is 4.99. The van der Waals surface area contributed by atoms with Gasteiger partial charge in [0.05, 0.1) is 14.2 Å². The minimum Gasteiger partial charge on any atom is -0.453 e. The molecule has 0 aliphatic rings. The Labute approximate surface area is 119 Å². The summed E-state index contributed by atoms with van der Waals surface area (Å²) in [4.78, 5) is 22.6. The first-order chi connectivity index (χ1) is 9.24. The fourth-order valence-electron chi connectivity index (χ4n) is 1.13. The number of methoxy groups -OCH3 is 2. The van der Waals surface area contributed by atoms with E-state index in [-0.39, 0.29) is 0 Å². The van der Waals surface area contributed by atoms with Crippen LogP contribution in [0.5, 0.6) is 0 Å². The van der Waals surface area contributed by atoms with Gasteiger partial charge >= 0.3 is 12.2 Å². The van der Waals surface area contributed by atoms with Gasteiger partial charge in [0, 0.05) is 0 Å². The maximum atomic E-state index is 11.3. The third-order valence-electron chi connectivity index (χ3n) is 2.98. The Kier molecular flexibility index (Phi) is 6.95. The van der Waals surface area contributed by atoms with Crippen LogP contribution in [0.4, 0.5) is 9.59 Å². The summed E-state index contributed by atoms with van der Waals surface area (Å²) < 4.78 is 9.09. The van der Waals surface area contributed by atoms with Gasteiger partial charge in [-0.15, -0.1) is 0 Å². The summed E-state index contributed by atoms with van der Waals surface area (Å²) in [5.41, 5.74) is -1.80. The molecule has 2 N–H and O–H groups in total. The maximum Gasteiger partial charge on any atom is 0.408 e. The molecule has 0 aromatic rings. The van der Waals surface area contributed by atoms with Crippen molar-refractivity contribution in [3.63, 3.8) is 0 Å². The molecule has 0 spiro atoms. The normalized spacial score (nSPS) is 16.9. The Bertz CT molecular complexity index is 340. The summed E-state index contributed by atoms with van der Waals surface area (Å²) in [6.07, 6.45) is -0.146. The quantitative estimate of drug-likeness (QED) is 0.733. The molecule has 0 aliphatic heterocycles. The van der Waals surface area contributed by atoms with E-state index in [9.17, 15) is 9.59 Å². The van der Waals surface area contributed by atoms with E-state index in [1.807, 2.05) is 13.8 Å². The molecule has 0 aliphatic carbocycles. The van der Waals surface area contributed by atoms with E-state index in [1.165, 1.54) is 14.2 Å². The highest BCUT2D eigenvalue weighted by Crippen LogP contribution is 2.18. The van der Waals surface area contributed by atoms with Gasteiger partial charge in [0.15, 0.2) is 11.3 Å². The van der Waals surface area contributed by atoms with Crippen molar-refractivity contribution in [3.05, 3.63) is 0 Å². The second-order valence-electron chi connectivity index (χ2n) is 4.69. The van der Waals surface area contributed by atoms with Crippen LogP contribution < -0.4 is 10.6 Å². The summed E-state index contributed by atoms with van der Waals surface area (Å²) in [6.45, 7) is 7.13. The SMILES string of the molecule is CCC(C)(/N=N/C(C)(CC)NC(=O)OC)NC(=O)OC. The number of nitrogens with zero attached hydrogens (tertiary/aromatic N) is 2. The van der Waals surface area contributed by atoms with Crippen molar-refractivity contribution >= 4 is 12.2 Å². The van der Waals surface area contributed by atoms with Crippen LogP contribution in [0.25, 0.3) is 0 Å². The number of amides is 2. The number of rotatable bonds is 6. The zero-order valence-corrected chi connectivity index (χ0v) is 12.9. The molecule has 2 amide bonds. The summed E-state index contributed by atoms with van der Waals surface area (Å²) in [6, 6.07) is 0. The van der Waals surface area contributed by atoms with Crippen LogP contribution in [0.2, 0.25) is 0 Å². The van der Waals surface area contributed by atoms with E-state index < -0.39 is 23.5 Å². The number of carbonyl (C=O) groups is 2. The minimum absolute atomic E-state index is 0.517. The zero-order valence-electron chi connectivity index (χ0n) is 12.9. The van der Waals surface area contributed by atoms with Crippen molar-refractivity contribution < 1.29 is 19.1 Å². The molecule has 20 heavy (non-hydrogen) atoms. The highest BCUT2D eigenvalue weighted by molar-refractivity contribution is 5.68. The molecule has 0 rings (SSSR count). The zero-order chi connectivity index (χ0) is 15.8. The number of carbonyl (C=O) groups excluding carboxylic acids is 2. The summed E-state index contributed by atoms with van der Waals surface area (Å²) in [7, 11) is 2.55. The lowest BCUT2D eigenvalue weighted by molar-refractivity contribution is 0.149. The standard InChI is InChI=1S/C12H24N4O4/c1-7-11(3,13-9(17)19-5)15-16-12(4,8-2)14-10(18)20-6/h7-8H2,1-6H3,(H,13,17)(H,14,18)/b16-15+. The van der Waals surface area contributed by atoms with Crippen molar-refractivity contribution in [2.45, 2.75) is 51.9 Å². The van der Waals surface area contributed by atoms with E-state index >= 15 is 0 Å². The van der Waals surface area contributed by atoms with Gasteiger partial charge in [-0.2, -0.15) is 10.2 Å². The molecule has 0 bridgehead atoms. The van der Waals surface area contributed by atoms with Gasteiger partial charge in [-0.1, -0.05) is 13.8 Å². The lowest BCUT2D eigenvalue weighted by Gasteiger charge is -2.27. The third kappa shape index (κ3) is 5.85. The van der Waals surface area contributed by atoms with Gasteiger partial charge < -0.3 is 9.47 Å². The molecule has 0 saturated heterocycles. The first-order valence-electron chi connectivity index (χ1n) is 6.40. The Morgan fingerprint density at radius 2 is 1.20 bits per heavy atom. The molecular formula is C12H24N4O4. The molecule has 0 radical (unpaired) electrons. The van der Waals surface area contributed by atoms with Crippen LogP contribution in [-0.4, -0.2) is 37.7 Å². The van der Waals surface area contributed by atoms with Crippen LogP contribution in [0.1, 0.15) is 40.5 Å². The monoisotopic (exact) mass is 288 g/mol. The predicted molar refractivity (Wildman–Crippen MR) is 73.3 cm³/mol. The fourth-order valence-corrected chi connectivity index (χ4v) is 1.13. The third-order valence-corrected chi connectivity index (χ3v) is 2.98. The first kappa shape index (κ1) is 18.1. The summed E-state index contributed by atoms with van der Waals surface area (Å²) in [5.74, 6) is 0. The second kappa shape index (κ2) is 7.66. The van der Waals surface area contributed by atoms with E-state index in [4.69, 9.17) is 0 Å². The first-order valence-corrected chi connectivity index (χ1v) is 6.40. The van der Waals surface area contributed by atoms with E-state index in [0.29, 0.717) is 12.8 Å². The smallest absolute Gasteiger partial charge is 0.408 e. The molecule has 116 valence electrons. The molecule has 8 nitrogen and oxygen atoms in total. The van der Waals surface area contributed by atoms with Gasteiger partial charge in [-0.05, 0) is 26.7 Å². The predicted octanol–water partition coefficient (Wildman–Crippen LogP) is 2.40. The van der Waals surface area contributed by atoms with Crippen molar-refractivity contribution in [1.82, 2.24) is 10.6 Å². The summed E-state index contributed by atoms with van der Waals surface area (Å²) >= 11 is 0. The lowest BCUT2D eigenvalue weighted by atomic mass is 10.1. The molecular weight excluding hydrogens is 264 g/mol. The topological polar surface area (TPSA) is 101 Å². The molecule has 0 aromatic carbocycles. The highest BCUT2D eigenvalue weighted by Gasteiger charge is 2.29. The summed E-state index contributed by atoms with van der Waals surface area (Å²) in [5, 5.41) is 13.5.